The zero-order chi connectivity index (χ0) is 23.4. The topological polar surface area (TPSA) is 83.9 Å². The number of hydrogen-bond donors (Lipinski definition) is 1. The van der Waals surface area contributed by atoms with Crippen LogP contribution in [0.1, 0.15) is 11.4 Å². The van der Waals surface area contributed by atoms with Crippen molar-refractivity contribution in [1.29, 1.82) is 0 Å². The molecule has 1 aromatic carbocycles. The number of aryl methyl sites for hydroxylation is 1. The highest BCUT2D eigenvalue weighted by Gasteiger charge is 2.16. The van der Waals surface area contributed by atoms with Crippen molar-refractivity contribution in [3.63, 3.8) is 0 Å². The molecule has 3 heterocycles. The Morgan fingerprint density at radius 1 is 1.06 bits per heavy atom. The van der Waals surface area contributed by atoms with Gasteiger partial charge in [-0.05, 0) is 61.0 Å². The number of rotatable bonds is 5. The molecule has 0 aliphatic rings. The van der Waals surface area contributed by atoms with E-state index in [9.17, 15) is 9.18 Å². The van der Waals surface area contributed by atoms with Crippen LogP contribution in [-0.2, 0) is 6.54 Å². The van der Waals surface area contributed by atoms with Crippen LogP contribution in [0.2, 0.25) is 5.15 Å². The van der Waals surface area contributed by atoms with Gasteiger partial charge in [-0.15, -0.1) is 0 Å². The molecular formula is C24H20ClFN6O. The number of anilines is 1. The van der Waals surface area contributed by atoms with E-state index in [1.165, 1.54) is 17.0 Å². The molecule has 0 aliphatic carbocycles. The molecule has 0 saturated heterocycles. The van der Waals surface area contributed by atoms with Crippen molar-refractivity contribution in [2.45, 2.75) is 13.5 Å². The van der Waals surface area contributed by atoms with Crippen LogP contribution in [0.15, 0.2) is 67.0 Å². The van der Waals surface area contributed by atoms with Gasteiger partial charge in [-0.3, -0.25) is 10.3 Å². The van der Waals surface area contributed by atoms with Crippen molar-refractivity contribution in [2.75, 3.05) is 12.4 Å². The molecule has 4 rings (SSSR count). The summed E-state index contributed by atoms with van der Waals surface area (Å²) in [4.78, 5) is 31.5. The molecule has 0 fully saturated rings. The summed E-state index contributed by atoms with van der Waals surface area (Å²) in [6.07, 6.45) is 3.27. The van der Waals surface area contributed by atoms with Gasteiger partial charge >= 0.3 is 6.03 Å². The lowest BCUT2D eigenvalue weighted by molar-refractivity contribution is 0.220. The highest BCUT2D eigenvalue weighted by Crippen LogP contribution is 2.32. The Balaban J connectivity index is 1.66. The summed E-state index contributed by atoms with van der Waals surface area (Å²) in [6, 6.07) is 14.6. The first-order chi connectivity index (χ1) is 15.9. The van der Waals surface area contributed by atoms with Crippen molar-refractivity contribution in [1.82, 2.24) is 24.8 Å². The molecule has 0 spiro atoms. The van der Waals surface area contributed by atoms with Gasteiger partial charge in [0.05, 0.1) is 17.9 Å². The average molecular weight is 463 g/mol. The molecule has 4 aromatic rings. The number of nitrogens with one attached hydrogen (secondary N) is 1. The van der Waals surface area contributed by atoms with Crippen LogP contribution in [0.25, 0.3) is 22.4 Å². The number of benzene rings is 1. The standard InChI is InChI=1S/C24H20ClFN6O/c1-15-11-17(12-21(25)29-15)20-13-28-23(30-22(20)16-6-8-18(26)9-7-16)31-24(33)32(2)14-19-5-3-4-10-27-19/h3-13H,14H2,1-2H3,(H,28,30,31,33). The van der Waals surface area contributed by atoms with Crippen LogP contribution in [0, 0.1) is 12.7 Å². The van der Waals surface area contributed by atoms with Crippen molar-refractivity contribution in [2.24, 2.45) is 0 Å². The van der Waals surface area contributed by atoms with E-state index in [1.807, 2.05) is 31.2 Å². The Hall–Kier alpha value is -3.91. The van der Waals surface area contributed by atoms with Crippen LogP contribution >= 0.6 is 11.6 Å². The average Bonchev–Trinajstić information content (AvgIpc) is 2.79. The fourth-order valence-electron chi connectivity index (χ4n) is 3.26. The molecule has 3 aromatic heterocycles. The monoisotopic (exact) mass is 462 g/mol. The van der Waals surface area contributed by atoms with E-state index >= 15 is 0 Å². The summed E-state index contributed by atoms with van der Waals surface area (Å²) in [5.41, 5.74) is 4.11. The molecule has 0 atom stereocenters. The van der Waals surface area contributed by atoms with Gasteiger partial charge in [0.2, 0.25) is 5.95 Å². The maximum absolute atomic E-state index is 13.5. The first-order valence-electron chi connectivity index (χ1n) is 10.1. The van der Waals surface area contributed by atoms with Crippen molar-refractivity contribution < 1.29 is 9.18 Å². The molecule has 0 aliphatic heterocycles. The third-order valence-electron chi connectivity index (χ3n) is 4.83. The zero-order valence-electron chi connectivity index (χ0n) is 18.0. The second-order valence-corrected chi connectivity index (χ2v) is 7.78. The SMILES string of the molecule is Cc1cc(-c2cnc(NC(=O)N(C)Cc3ccccn3)nc2-c2ccc(F)cc2)cc(Cl)n1. The lowest BCUT2D eigenvalue weighted by Gasteiger charge is -2.17. The molecule has 0 bridgehead atoms. The van der Waals surface area contributed by atoms with Crippen LogP contribution < -0.4 is 5.32 Å². The highest BCUT2D eigenvalue weighted by atomic mass is 35.5. The number of urea groups is 1. The third kappa shape index (κ3) is 5.48. The largest absolute Gasteiger partial charge is 0.324 e. The zero-order valence-corrected chi connectivity index (χ0v) is 18.7. The fourth-order valence-corrected chi connectivity index (χ4v) is 3.51. The summed E-state index contributed by atoms with van der Waals surface area (Å²) < 4.78 is 13.5. The van der Waals surface area contributed by atoms with Crippen LogP contribution in [0.4, 0.5) is 15.1 Å². The molecule has 0 radical (unpaired) electrons. The third-order valence-corrected chi connectivity index (χ3v) is 5.02. The molecule has 166 valence electrons. The number of carbonyl (C=O) groups is 1. The van der Waals surface area contributed by atoms with Gasteiger partial charge in [-0.2, -0.15) is 0 Å². The number of aromatic nitrogens is 4. The Kier molecular flexibility index (Phi) is 6.55. The molecule has 0 saturated carbocycles. The lowest BCUT2D eigenvalue weighted by atomic mass is 10.0. The molecule has 0 unspecified atom stereocenters. The fraction of sp³-hybridized carbons (Fsp3) is 0.125. The highest BCUT2D eigenvalue weighted by molar-refractivity contribution is 6.29. The molecule has 7 nitrogen and oxygen atoms in total. The number of amides is 2. The summed E-state index contributed by atoms with van der Waals surface area (Å²) in [7, 11) is 1.65. The Morgan fingerprint density at radius 2 is 1.85 bits per heavy atom. The molecule has 2 amide bonds. The summed E-state index contributed by atoms with van der Waals surface area (Å²) >= 11 is 6.15. The normalized spacial score (nSPS) is 10.7. The van der Waals surface area contributed by atoms with E-state index in [0.717, 1.165) is 17.0 Å². The summed E-state index contributed by atoms with van der Waals surface area (Å²) in [5, 5.41) is 3.05. The van der Waals surface area contributed by atoms with Gasteiger partial charge in [0, 0.05) is 36.3 Å². The number of hydrogen-bond acceptors (Lipinski definition) is 5. The first kappa shape index (κ1) is 22.3. The Morgan fingerprint density at radius 3 is 2.55 bits per heavy atom. The predicted octanol–water partition coefficient (Wildman–Crippen LogP) is 5.37. The summed E-state index contributed by atoms with van der Waals surface area (Å²) in [6.45, 7) is 2.16. The van der Waals surface area contributed by atoms with Crippen LogP contribution in [0.3, 0.4) is 0 Å². The van der Waals surface area contributed by atoms with Gasteiger partial charge in [0.15, 0.2) is 0 Å². The van der Waals surface area contributed by atoms with E-state index in [4.69, 9.17) is 11.6 Å². The number of halogens is 2. The number of carbonyl (C=O) groups excluding carboxylic acids is 1. The van der Waals surface area contributed by atoms with Crippen molar-refractivity contribution in [3.05, 3.63) is 89.3 Å². The molecule has 33 heavy (non-hydrogen) atoms. The molecule has 9 heteroatoms. The smallest absolute Gasteiger partial charge is 0.322 e. The van der Waals surface area contributed by atoms with Gasteiger partial charge < -0.3 is 4.90 Å². The Labute approximate surface area is 195 Å². The van der Waals surface area contributed by atoms with Crippen LogP contribution in [0.5, 0.6) is 0 Å². The second-order valence-electron chi connectivity index (χ2n) is 7.39. The van der Waals surface area contributed by atoms with Gasteiger partial charge in [-0.25, -0.2) is 24.1 Å². The number of nitrogens with zero attached hydrogens (tertiary/aromatic N) is 5. The van der Waals surface area contributed by atoms with Gasteiger partial charge in [0.1, 0.15) is 11.0 Å². The number of pyridine rings is 2. The molecule has 1 N–H and O–H groups in total. The maximum Gasteiger partial charge on any atom is 0.324 e. The van der Waals surface area contributed by atoms with Gasteiger partial charge in [0.25, 0.3) is 0 Å². The van der Waals surface area contributed by atoms with Crippen LogP contribution in [-0.4, -0.2) is 37.9 Å². The maximum atomic E-state index is 13.5. The van der Waals surface area contributed by atoms with E-state index in [-0.39, 0.29) is 17.8 Å². The van der Waals surface area contributed by atoms with E-state index in [1.54, 1.807) is 37.6 Å². The van der Waals surface area contributed by atoms with E-state index in [0.29, 0.717) is 28.5 Å². The van der Waals surface area contributed by atoms with E-state index in [2.05, 4.69) is 25.3 Å². The van der Waals surface area contributed by atoms with Gasteiger partial charge in [-0.1, -0.05) is 17.7 Å². The van der Waals surface area contributed by atoms with E-state index < -0.39 is 0 Å². The quantitative estimate of drug-likeness (QED) is 0.403. The van der Waals surface area contributed by atoms with Crippen molar-refractivity contribution in [3.8, 4) is 22.4 Å². The predicted molar refractivity (Wildman–Crippen MR) is 125 cm³/mol. The first-order valence-corrected chi connectivity index (χ1v) is 10.5. The lowest BCUT2D eigenvalue weighted by Crippen LogP contribution is -2.31. The summed E-state index contributed by atoms with van der Waals surface area (Å²) in [5.74, 6) is -0.241. The minimum atomic E-state index is -0.388. The Bertz CT molecular complexity index is 1260. The second kappa shape index (κ2) is 9.70. The minimum Gasteiger partial charge on any atom is -0.322 e. The minimum absolute atomic E-state index is 0.118. The van der Waals surface area contributed by atoms with Crippen molar-refractivity contribution >= 4 is 23.6 Å². The molecular weight excluding hydrogens is 443 g/mol.